The van der Waals surface area contributed by atoms with Gasteiger partial charge in [0.25, 0.3) is 0 Å². The molecule has 14 radical (unpaired) electrons. The molecule has 1 atom stereocenters. The van der Waals surface area contributed by atoms with Crippen LogP contribution in [0, 0.1) is 0 Å². The van der Waals surface area contributed by atoms with Gasteiger partial charge in [-0.05, 0) is 78.6 Å². The lowest BCUT2D eigenvalue weighted by atomic mass is 11.9. The molecule has 2 aliphatic rings. The third kappa shape index (κ3) is 15.2. The topological polar surface area (TPSA) is 129 Å². The molecule has 2 aliphatic heterocycles. The van der Waals surface area contributed by atoms with Crippen LogP contribution in [0.4, 0.5) is 0 Å². The zero-order chi connectivity index (χ0) is 30.3. The van der Waals surface area contributed by atoms with Crippen LogP contribution in [-0.2, 0) is 57.6 Å². The molecule has 0 aliphatic carbocycles. The van der Waals surface area contributed by atoms with E-state index in [9.17, 15) is 0 Å². The van der Waals surface area contributed by atoms with Gasteiger partial charge in [-0.1, -0.05) is 0 Å². The minimum atomic E-state index is -3.28. The second-order valence-electron chi connectivity index (χ2n) is 10.7. The van der Waals surface area contributed by atoms with Crippen LogP contribution in [0.5, 0.6) is 0 Å². The Morgan fingerprint density at radius 1 is 0.400 bits per heavy atom. The van der Waals surface area contributed by atoms with Gasteiger partial charge in [-0.15, -0.1) is 0 Å². The summed E-state index contributed by atoms with van der Waals surface area (Å²) in [7, 11) is -22.5. The third-order valence-electron chi connectivity index (χ3n) is 4.19. The van der Waals surface area contributed by atoms with Crippen molar-refractivity contribution in [2.75, 3.05) is 0 Å². The standard InChI is InChI=1S/C12H36O14Si14/c1-33-20-35(2,3)22-36(4,5)23-37(6,7)24-38(8,9)25-39(10,11)26-40(12,21-33)34-18-31-16-29-14-27-13-28-15-30-17-32-19-34/h1-12H3. The minimum absolute atomic E-state index is 0.202. The minimum Gasteiger partial charge on any atom is -0.416 e. The van der Waals surface area contributed by atoms with Gasteiger partial charge in [0.15, 0.2) is 0 Å². The van der Waals surface area contributed by atoms with Gasteiger partial charge >= 0.3 is 129 Å². The fraction of sp³-hybridized carbons (Fsp3) is 1.00. The Kier molecular flexibility index (Phi) is 15.8. The molecule has 224 valence electrons. The highest BCUT2D eigenvalue weighted by atomic mass is 29.3. The smallest absolute Gasteiger partial charge is 0.412 e. The molecule has 2 saturated heterocycles. The summed E-state index contributed by atoms with van der Waals surface area (Å²) in [5.74, 6) is 0. The van der Waals surface area contributed by atoms with Crippen LogP contribution in [0.2, 0.25) is 78.6 Å². The molecule has 28 heteroatoms. The van der Waals surface area contributed by atoms with Crippen LogP contribution < -0.4 is 0 Å². The Bertz CT molecular complexity index is 768. The maximum absolute atomic E-state index is 6.87. The van der Waals surface area contributed by atoms with Crippen molar-refractivity contribution >= 4 is 129 Å². The van der Waals surface area contributed by atoms with E-state index in [1.54, 1.807) is 0 Å². The van der Waals surface area contributed by atoms with E-state index in [0.29, 0.717) is 0 Å². The van der Waals surface area contributed by atoms with E-state index in [-0.39, 0.29) is 60.0 Å². The monoisotopic (exact) mass is 796 g/mol. The van der Waals surface area contributed by atoms with Crippen molar-refractivity contribution in [3.05, 3.63) is 0 Å². The van der Waals surface area contributed by atoms with Crippen molar-refractivity contribution in [1.29, 1.82) is 0 Å². The largest absolute Gasteiger partial charge is 0.416 e. The van der Waals surface area contributed by atoms with E-state index < -0.39 is 69.0 Å². The molecule has 0 saturated carbocycles. The van der Waals surface area contributed by atoms with E-state index in [0.717, 1.165) is 0 Å². The maximum atomic E-state index is 6.87. The average molecular weight is 798 g/mol. The number of hydrogen-bond acceptors (Lipinski definition) is 14. The normalized spacial score (nSPS) is 32.4. The molecule has 0 amide bonds. The first-order valence-electron chi connectivity index (χ1n) is 12.0. The highest BCUT2D eigenvalue weighted by molar-refractivity contribution is 7.26. The first-order chi connectivity index (χ1) is 18.2. The summed E-state index contributed by atoms with van der Waals surface area (Å²) in [6.07, 6.45) is 0. The van der Waals surface area contributed by atoms with Gasteiger partial charge in [0.05, 0.1) is 0 Å². The van der Waals surface area contributed by atoms with Gasteiger partial charge in [-0.2, -0.15) is 0 Å². The van der Waals surface area contributed by atoms with Gasteiger partial charge in [0.2, 0.25) is 0 Å². The lowest BCUT2D eigenvalue weighted by Gasteiger charge is -2.45. The predicted octanol–water partition coefficient (Wildman–Crippen LogP) is 0.717. The van der Waals surface area contributed by atoms with Gasteiger partial charge in [0.1, 0.15) is 0 Å². The second kappa shape index (κ2) is 16.3. The molecule has 0 spiro atoms. The van der Waals surface area contributed by atoms with E-state index >= 15 is 0 Å². The van der Waals surface area contributed by atoms with Crippen molar-refractivity contribution in [2.24, 2.45) is 0 Å². The van der Waals surface area contributed by atoms with Gasteiger partial charge in [-0.25, -0.2) is 0 Å². The summed E-state index contributed by atoms with van der Waals surface area (Å²) >= 11 is 0. The average Bonchev–Trinajstić information content (AvgIpc) is 2.69. The first kappa shape index (κ1) is 38.7. The fourth-order valence-electron chi connectivity index (χ4n) is 4.18. The highest BCUT2D eigenvalue weighted by Gasteiger charge is 2.56. The summed E-state index contributed by atoms with van der Waals surface area (Å²) in [5, 5.41) is 0. The van der Waals surface area contributed by atoms with E-state index in [1.165, 1.54) is 0 Å². The van der Waals surface area contributed by atoms with Crippen LogP contribution in [0.15, 0.2) is 0 Å². The van der Waals surface area contributed by atoms with Crippen LogP contribution in [0.3, 0.4) is 0 Å². The Labute approximate surface area is 263 Å². The lowest BCUT2D eigenvalue weighted by Crippen LogP contribution is -2.67. The molecule has 0 aromatic carbocycles. The Morgan fingerprint density at radius 2 is 0.725 bits per heavy atom. The van der Waals surface area contributed by atoms with Crippen molar-refractivity contribution in [1.82, 2.24) is 0 Å². The molecule has 2 heterocycles. The molecular formula is C12H36O14Si14. The molecule has 14 nitrogen and oxygen atoms in total. The van der Waals surface area contributed by atoms with E-state index in [2.05, 4.69) is 0 Å². The molecule has 40 heavy (non-hydrogen) atoms. The van der Waals surface area contributed by atoms with Crippen molar-refractivity contribution < 1.29 is 57.6 Å². The zero-order valence-electron chi connectivity index (χ0n) is 24.7. The quantitative estimate of drug-likeness (QED) is 0.346. The molecule has 0 N–H and O–H groups in total. The maximum Gasteiger partial charge on any atom is 0.412 e. The van der Waals surface area contributed by atoms with Crippen molar-refractivity contribution in [3.8, 4) is 0 Å². The highest BCUT2D eigenvalue weighted by Crippen LogP contribution is 2.30. The van der Waals surface area contributed by atoms with Crippen LogP contribution >= 0.6 is 0 Å². The molecule has 0 bridgehead atoms. The summed E-state index contributed by atoms with van der Waals surface area (Å²) < 4.78 is 85.9. The molecule has 0 aromatic rings. The summed E-state index contributed by atoms with van der Waals surface area (Å²) in [6.45, 7) is 24.0. The third-order valence-corrected chi connectivity index (χ3v) is 41.4. The molecule has 2 rings (SSSR count). The van der Waals surface area contributed by atoms with Crippen LogP contribution in [0.1, 0.15) is 0 Å². The van der Waals surface area contributed by atoms with Crippen molar-refractivity contribution in [2.45, 2.75) is 78.6 Å². The van der Waals surface area contributed by atoms with E-state index in [4.69, 9.17) is 57.6 Å². The van der Waals surface area contributed by atoms with Gasteiger partial charge < -0.3 is 57.6 Å². The second-order valence-corrected chi connectivity index (χ2v) is 44.5. The van der Waals surface area contributed by atoms with Gasteiger partial charge in [-0.3, -0.25) is 0 Å². The summed E-state index contributed by atoms with van der Waals surface area (Å²) in [6, 6.07) is 0. The van der Waals surface area contributed by atoms with Crippen LogP contribution in [-0.4, -0.2) is 129 Å². The summed E-state index contributed by atoms with van der Waals surface area (Å²) in [4.78, 5) is 0. The van der Waals surface area contributed by atoms with Crippen molar-refractivity contribution in [3.63, 3.8) is 0 Å². The summed E-state index contributed by atoms with van der Waals surface area (Å²) in [5.41, 5.74) is 0. The van der Waals surface area contributed by atoms with Crippen LogP contribution in [0.25, 0.3) is 0 Å². The first-order valence-corrected chi connectivity index (χ1v) is 37.4. The molecular weight excluding hydrogens is 761 g/mol. The molecule has 2 fully saturated rings. The van der Waals surface area contributed by atoms with E-state index in [1.807, 2.05) is 78.6 Å². The fourth-order valence-corrected chi connectivity index (χ4v) is 51.9. The predicted molar refractivity (Wildman–Crippen MR) is 166 cm³/mol. The Hall–Kier alpha value is 2.48. The SMILES string of the molecule is C[Si]1O[Si](C)(C)O[Si](C)(C)O[Si](C)(C)O[Si](C)(C)O[Si](C)(C)O[Si](C)([Si]2O[Si]O[Si]O[Si]O[Si]O[Si]O[Si]O2)O1. The Balaban J connectivity index is 2.41. The van der Waals surface area contributed by atoms with Gasteiger partial charge in [0, 0.05) is 0 Å². The zero-order valence-corrected chi connectivity index (χ0v) is 38.7. The Morgan fingerprint density at radius 3 is 1.12 bits per heavy atom. The lowest BCUT2D eigenvalue weighted by molar-refractivity contribution is 0.244. The molecule has 0 aromatic heterocycles. The number of rotatable bonds is 1. The molecule has 1 unspecified atom stereocenters. The number of hydrogen-bond donors (Lipinski definition) is 0.